The number of carbonyl (C=O) groups excluding carboxylic acids is 2. The highest BCUT2D eigenvalue weighted by molar-refractivity contribution is 5.92. The van der Waals surface area contributed by atoms with E-state index in [9.17, 15) is 14.7 Å². The average molecular weight is 521 g/mol. The Morgan fingerprint density at radius 3 is 2.29 bits per heavy atom. The molecular weight excluding hydrogens is 488 g/mol. The quantitative estimate of drug-likeness (QED) is 0.332. The van der Waals surface area contributed by atoms with Gasteiger partial charge in [0.1, 0.15) is 0 Å². The predicted octanol–water partition coefficient (Wildman–Crippen LogP) is 4.10. The smallest absolute Gasteiger partial charge is 0.343 e. The van der Waals surface area contributed by atoms with Crippen LogP contribution in [-0.2, 0) is 9.53 Å². The zero-order valence-electron chi connectivity index (χ0n) is 21.8. The Bertz CT molecular complexity index is 1260. The largest absolute Gasteiger partial charge is 0.504 e. The maximum atomic E-state index is 13.0. The lowest BCUT2D eigenvalue weighted by atomic mass is 9.83. The van der Waals surface area contributed by atoms with Gasteiger partial charge in [-0.15, -0.1) is 0 Å². The summed E-state index contributed by atoms with van der Waals surface area (Å²) in [6.07, 6.45) is 3.68. The molecule has 1 unspecified atom stereocenters. The van der Waals surface area contributed by atoms with Crippen molar-refractivity contribution in [3.63, 3.8) is 0 Å². The van der Waals surface area contributed by atoms with Gasteiger partial charge < -0.3 is 29.0 Å². The number of aromatic nitrogens is 1. The number of phenols is 1. The molecule has 1 N–H and O–H groups in total. The Kier molecular flexibility index (Phi) is 8.81. The third-order valence-electron chi connectivity index (χ3n) is 6.71. The first-order chi connectivity index (χ1) is 18.5. The van der Waals surface area contributed by atoms with Crippen molar-refractivity contribution in [1.29, 1.82) is 0 Å². The molecule has 2 aromatic carbocycles. The second-order valence-electron chi connectivity index (χ2n) is 8.90. The third kappa shape index (κ3) is 5.73. The van der Waals surface area contributed by atoms with Crippen LogP contribution in [0.5, 0.6) is 23.0 Å². The van der Waals surface area contributed by atoms with Crippen molar-refractivity contribution in [2.45, 2.75) is 25.7 Å². The zero-order valence-corrected chi connectivity index (χ0v) is 21.8. The summed E-state index contributed by atoms with van der Waals surface area (Å²) < 4.78 is 22.3. The summed E-state index contributed by atoms with van der Waals surface area (Å²) in [5, 5.41) is 11.4. The summed E-state index contributed by atoms with van der Waals surface area (Å²) in [5.41, 5.74) is 2.22. The minimum Gasteiger partial charge on any atom is -0.504 e. The molecule has 9 nitrogen and oxygen atoms in total. The van der Waals surface area contributed by atoms with E-state index >= 15 is 0 Å². The molecule has 0 spiro atoms. The van der Waals surface area contributed by atoms with Crippen LogP contribution in [0.2, 0.25) is 0 Å². The summed E-state index contributed by atoms with van der Waals surface area (Å²) >= 11 is 0. The summed E-state index contributed by atoms with van der Waals surface area (Å²) in [4.78, 5) is 31.7. The molecule has 1 saturated heterocycles. The van der Waals surface area contributed by atoms with E-state index in [2.05, 4.69) is 4.98 Å². The molecule has 3 aromatic rings. The van der Waals surface area contributed by atoms with Crippen molar-refractivity contribution in [2.75, 3.05) is 40.5 Å². The van der Waals surface area contributed by atoms with E-state index in [4.69, 9.17) is 18.9 Å². The van der Waals surface area contributed by atoms with Gasteiger partial charge in [-0.25, -0.2) is 4.79 Å². The number of ether oxygens (including phenoxy) is 4. The minimum atomic E-state index is -0.605. The molecule has 2 heterocycles. The number of benzene rings is 2. The number of morpholine rings is 1. The Hall–Kier alpha value is -4.11. The molecule has 0 bridgehead atoms. The molecule has 0 aliphatic carbocycles. The molecule has 1 amide bonds. The SMILES string of the molecule is COc1c(O)c(C(CCC(=O)N2CCOCC2)c2ccccc2)c(C)c(OC(=O)c2ccncc2)c1OC. The van der Waals surface area contributed by atoms with Gasteiger partial charge in [0, 0.05) is 48.9 Å². The van der Waals surface area contributed by atoms with Gasteiger partial charge in [0.15, 0.2) is 11.5 Å². The van der Waals surface area contributed by atoms with Crippen LogP contribution in [0.25, 0.3) is 0 Å². The standard InChI is InChI=1S/C29H32N2O7/c1-19-24(22(20-7-5-4-6-8-20)9-10-23(32)31-15-17-37-18-16-31)25(33)27(35-2)28(36-3)26(19)38-29(34)21-11-13-30-14-12-21/h4-8,11-14,22,33H,9-10,15-18H2,1-3H3. The Labute approximate surface area is 221 Å². The second-order valence-corrected chi connectivity index (χ2v) is 8.90. The van der Waals surface area contributed by atoms with Crippen LogP contribution in [0.15, 0.2) is 54.9 Å². The van der Waals surface area contributed by atoms with Gasteiger partial charge >= 0.3 is 5.97 Å². The zero-order chi connectivity index (χ0) is 27.1. The second kappa shape index (κ2) is 12.4. The van der Waals surface area contributed by atoms with Crippen LogP contribution in [0.4, 0.5) is 0 Å². The van der Waals surface area contributed by atoms with Gasteiger partial charge in [0.05, 0.1) is 33.0 Å². The van der Waals surface area contributed by atoms with E-state index in [0.717, 1.165) is 5.56 Å². The van der Waals surface area contributed by atoms with Crippen LogP contribution >= 0.6 is 0 Å². The highest BCUT2D eigenvalue weighted by Crippen LogP contribution is 2.53. The van der Waals surface area contributed by atoms with Gasteiger partial charge in [0.2, 0.25) is 17.4 Å². The lowest BCUT2D eigenvalue weighted by Gasteiger charge is -2.29. The van der Waals surface area contributed by atoms with Crippen LogP contribution in [0, 0.1) is 6.92 Å². The third-order valence-corrected chi connectivity index (χ3v) is 6.71. The van der Waals surface area contributed by atoms with Crippen molar-refractivity contribution in [3.8, 4) is 23.0 Å². The minimum absolute atomic E-state index is 0.0242. The summed E-state index contributed by atoms with van der Waals surface area (Å²) in [7, 11) is 2.82. The number of esters is 1. The lowest BCUT2D eigenvalue weighted by Crippen LogP contribution is -2.40. The monoisotopic (exact) mass is 520 g/mol. The predicted molar refractivity (Wildman–Crippen MR) is 140 cm³/mol. The van der Waals surface area contributed by atoms with Crippen molar-refractivity contribution >= 4 is 11.9 Å². The molecule has 1 aliphatic heterocycles. The fourth-order valence-electron chi connectivity index (χ4n) is 4.77. The number of hydrogen-bond donors (Lipinski definition) is 1. The van der Waals surface area contributed by atoms with Gasteiger partial charge in [0.25, 0.3) is 0 Å². The van der Waals surface area contributed by atoms with Gasteiger partial charge in [-0.3, -0.25) is 9.78 Å². The summed E-state index contributed by atoms with van der Waals surface area (Å²) in [6.45, 7) is 3.92. The average Bonchev–Trinajstić information content (AvgIpc) is 2.97. The van der Waals surface area contributed by atoms with E-state index in [0.29, 0.717) is 49.4 Å². The molecule has 9 heteroatoms. The Balaban J connectivity index is 1.77. The molecule has 0 radical (unpaired) electrons. The molecule has 1 atom stereocenters. The van der Waals surface area contributed by atoms with Crippen LogP contribution in [0.1, 0.15) is 45.8 Å². The lowest BCUT2D eigenvalue weighted by molar-refractivity contribution is -0.135. The number of nitrogens with zero attached hydrogens (tertiary/aromatic N) is 2. The molecule has 4 rings (SSSR count). The van der Waals surface area contributed by atoms with Crippen LogP contribution < -0.4 is 14.2 Å². The fraction of sp³-hybridized carbons (Fsp3) is 0.345. The van der Waals surface area contributed by atoms with E-state index in [1.807, 2.05) is 30.3 Å². The van der Waals surface area contributed by atoms with Crippen molar-refractivity contribution in [2.24, 2.45) is 0 Å². The van der Waals surface area contributed by atoms with E-state index < -0.39 is 5.97 Å². The molecule has 1 aromatic heterocycles. The number of phenolic OH excluding ortho intramolecular Hbond substituents is 1. The molecule has 200 valence electrons. The number of amides is 1. The first kappa shape index (κ1) is 26.9. The first-order valence-electron chi connectivity index (χ1n) is 12.5. The molecule has 1 fully saturated rings. The normalized spacial score (nSPS) is 14.0. The fourth-order valence-corrected chi connectivity index (χ4v) is 4.77. The molecule has 1 aliphatic rings. The van der Waals surface area contributed by atoms with Crippen molar-refractivity contribution in [1.82, 2.24) is 9.88 Å². The van der Waals surface area contributed by atoms with Gasteiger partial charge in [-0.05, 0) is 31.0 Å². The maximum absolute atomic E-state index is 13.0. The van der Waals surface area contributed by atoms with Crippen LogP contribution in [0.3, 0.4) is 0 Å². The molecule has 38 heavy (non-hydrogen) atoms. The highest BCUT2D eigenvalue weighted by atomic mass is 16.6. The Morgan fingerprint density at radius 1 is 1.00 bits per heavy atom. The first-order valence-corrected chi connectivity index (χ1v) is 12.5. The Morgan fingerprint density at radius 2 is 1.66 bits per heavy atom. The number of pyridine rings is 1. The van der Waals surface area contributed by atoms with Crippen molar-refractivity contribution in [3.05, 3.63) is 77.1 Å². The van der Waals surface area contributed by atoms with E-state index in [-0.39, 0.29) is 41.2 Å². The molecular formula is C29H32N2O7. The summed E-state index contributed by atoms with van der Waals surface area (Å²) in [6, 6.07) is 12.7. The number of aromatic hydroxyl groups is 1. The topological polar surface area (TPSA) is 107 Å². The summed E-state index contributed by atoms with van der Waals surface area (Å²) in [5.74, 6) is -0.810. The number of carbonyl (C=O) groups is 2. The van der Waals surface area contributed by atoms with Crippen LogP contribution in [-0.4, -0.2) is 67.4 Å². The number of hydrogen-bond acceptors (Lipinski definition) is 8. The van der Waals surface area contributed by atoms with E-state index in [1.165, 1.54) is 26.6 Å². The molecule has 0 saturated carbocycles. The number of methoxy groups -OCH3 is 2. The van der Waals surface area contributed by atoms with Gasteiger partial charge in [-0.1, -0.05) is 30.3 Å². The highest BCUT2D eigenvalue weighted by Gasteiger charge is 2.32. The van der Waals surface area contributed by atoms with Crippen molar-refractivity contribution < 1.29 is 33.6 Å². The number of rotatable bonds is 9. The maximum Gasteiger partial charge on any atom is 0.343 e. The van der Waals surface area contributed by atoms with E-state index in [1.54, 1.807) is 24.0 Å². The van der Waals surface area contributed by atoms with Gasteiger partial charge in [-0.2, -0.15) is 0 Å².